The second kappa shape index (κ2) is 12.9. The van der Waals surface area contributed by atoms with Crippen LogP contribution in [0.5, 0.6) is 0 Å². The first kappa shape index (κ1) is 30.9. The maximum absolute atomic E-state index is 11.3. The summed E-state index contributed by atoms with van der Waals surface area (Å²) in [6, 6.07) is 18.2. The number of nitro benzene ring substituents is 2. The van der Waals surface area contributed by atoms with E-state index in [0.29, 0.717) is 37.6 Å². The summed E-state index contributed by atoms with van der Waals surface area (Å²) in [7, 11) is 0. The minimum absolute atomic E-state index is 0. The standard InChI is InChI=1S/C28H35N9O4.ClH/c29-18-9-19(30)15-33(14-18)26-11-27(34-16-20(31)10-21(32)17-34)13-28(12-26)35(22-1-5-24(6-2-22)36(38)39)23-3-7-25(8-4-23)37(40)41;/h1-8,11-13,18-21H,9-10,14-17,29-32H2;1H/t18-,19+,20-,21+;. The summed E-state index contributed by atoms with van der Waals surface area (Å²) in [4.78, 5) is 28.0. The maximum atomic E-state index is 11.3. The molecule has 5 rings (SSSR count). The van der Waals surface area contributed by atoms with Gasteiger partial charge in [-0.15, -0.1) is 12.4 Å². The summed E-state index contributed by atoms with van der Waals surface area (Å²) in [5.74, 6) is 0. The molecule has 2 aliphatic rings. The van der Waals surface area contributed by atoms with Gasteiger partial charge in [0.2, 0.25) is 0 Å². The van der Waals surface area contributed by atoms with Gasteiger partial charge < -0.3 is 37.6 Å². The molecule has 2 heterocycles. The molecule has 0 bridgehead atoms. The molecule has 13 nitrogen and oxygen atoms in total. The minimum Gasteiger partial charge on any atom is -0.368 e. The van der Waals surface area contributed by atoms with Crippen LogP contribution in [-0.4, -0.2) is 60.2 Å². The predicted molar refractivity (Wildman–Crippen MR) is 167 cm³/mol. The molecule has 0 saturated carbocycles. The van der Waals surface area contributed by atoms with Crippen molar-refractivity contribution in [2.24, 2.45) is 22.9 Å². The molecule has 4 atom stereocenters. The van der Waals surface area contributed by atoms with Crippen LogP contribution in [0.3, 0.4) is 0 Å². The van der Waals surface area contributed by atoms with E-state index >= 15 is 0 Å². The first-order valence-corrected chi connectivity index (χ1v) is 13.5. The molecular weight excluding hydrogens is 562 g/mol. The maximum Gasteiger partial charge on any atom is 0.269 e. The second-order valence-electron chi connectivity index (χ2n) is 10.9. The van der Waals surface area contributed by atoms with E-state index in [1.54, 1.807) is 24.3 Å². The zero-order valence-electron chi connectivity index (χ0n) is 23.0. The highest BCUT2D eigenvalue weighted by Crippen LogP contribution is 2.40. The lowest BCUT2D eigenvalue weighted by Crippen LogP contribution is -2.53. The highest BCUT2D eigenvalue weighted by atomic mass is 35.5. The van der Waals surface area contributed by atoms with Gasteiger partial charge in [-0.25, -0.2) is 0 Å². The number of piperidine rings is 2. The minimum atomic E-state index is -0.454. The molecule has 2 fully saturated rings. The van der Waals surface area contributed by atoms with Crippen molar-refractivity contribution in [3.63, 3.8) is 0 Å². The van der Waals surface area contributed by atoms with E-state index in [9.17, 15) is 20.2 Å². The number of hydrogen-bond acceptors (Lipinski definition) is 11. The Balaban J connectivity index is 0.00000405. The Bertz CT molecular complexity index is 1290. The number of rotatable bonds is 7. The molecule has 2 aliphatic heterocycles. The monoisotopic (exact) mass is 597 g/mol. The number of benzene rings is 3. The largest absolute Gasteiger partial charge is 0.368 e. The lowest BCUT2D eigenvalue weighted by atomic mass is 10.00. The second-order valence-corrected chi connectivity index (χ2v) is 10.9. The van der Waals surface area contributed by atoms with Crippen LogP contribution < -0.4 is 37.6 Å². The molecule has 0 aromatic heterocycles. The van der Waals surface area contributed by atoms with Gasteiger partial charge in [-0.05, 0) is 55.3 Å². The number of hydrogen-bond donors (Lipinski definition) is 4. The normalized spacial score (nSPS) is 22.3. The third-order valence-corrected chi connectivity index (χ3v) is 7.54. The molecule has 0 unspecified atom stereocenters. The van der Waals surface area contributed by atoms with Gasteiger partial charge in [-0.2, -0.15) is 0 Å². The first-order valence-electron chi connectivity index (χ1n) is 13.5. The van der Waals surface area contributed by atoms with Crippen LogP contribution in [0.1, 0.15) is 12.8 Å². The fraction of sp³-hybridized carbons (Fsp3) is 0.357. The van der Waals surface area contributed by atoms with E-state index in [1.807, 2.05) is 17.0 Å². The van der Waals surface area contributed by atoms with Crippen molar-refractivity contribution in [1.29, 1.82) is 0 Å². The Labute approximate surface area is 249 Å². The van der Waals surface area contributed by atoms with Crippen molar-refractivity contribution in [2.45, 2.75) is 37.0 Å². The highest BCUT2D eigenvalue weighted by molar-refractivity contribution is 5.85. The van der Waals surface area contributed by atoms with Crippen molar-refractivity contribution in [3.05, 3.63) is 87.0 Å². The third-order valence-electron chi connectivity index (χ3n) is 7.54. The molecule has 224 valence electrons. The summed E-state index contributed by atoms with van der Waals surface area (Å²) in [6.45, 7) is 2.52. The SMILES string of the molecule is Cl.N[C@@H]1C[C@H](N)CN(c2cc(N3C[C@H](N)C[C@H](N)C3)cc(N(c3ccc([N+](=O)[O-])cc3)c3ccc([N+](=O)[O-])cc3)c2)C1. The Morgan fingerprint density at radius 2 is 0.929 bits per heavy atom. The smallest absolute Gasteiger partial charge is 0.269 e. The zero-order valence-corrected chi connectivity index (χ0v) is 23.8. The Morgan fingerprint density at radius 3 is 1.24 bits per heavy atom. The third kappa shape index (κ3) is 6.89. The van der Waals surface area contributed by atoms with Crippen LogP contribution in [0.15, 0.2) is 66.7 Å². The lowest BCUT2D eigenvalue weighted by molar-refractivity contribution is -0.385. The molecule has 3 aromatic rings. The van der Waals surface area contributed by atoms with E-state index in [0.717, 1.165) is 29.9 Å². The number of nitrogens with zero attached hydrogens (tertiary/aromatic N) is 5. The van der Waals surface area contributed by atoms with Crippen LogP contribution in [-0.2, 0) is 0 Å². The molecule has 42 heavy (non-hydrogen) atoms. The molecule has 14 heteroatoms. The quantitative estimate of drug-likeness (QED) is 0.230. The van der Waals surface area contributed by atoms with Crippen molar-refractivity contribution >= 4 is 52.2 Å². The highest BCUT2D eigenvalue weighted by Gasteiger charge is 2.28. The van der Waals surface area contributed by atoms with Gasteiger partial charge >= 0.3 is 0 Å². The Kier molecular flexibility index (Phi) is 9.49. The number of nitrogens with two attached hydrogens (primary N) is 4. The number of nitro groups is 2. The lowest BCUT2D eigenvalue weighted by Gasteiger charge is -2.39. The summed E-state index contributed by atoms with van der Waals surface area (Å²) in [6.07, 6.45) is 1.47. The fourth-order valence-corrected chi connectivity index (χ4v) is 5.75. The van der Waals surface area contributed by atoms with Gasteiger partial charge in [0.1, 0.15) is 0 Å². The number of anilines is 5. The van der Waals surface area contributed by atoms with Gasteiger partial charge in [-0.3, -0.25) is 20.2 Å². The van der Waals surface area contributed by atoms with Crippen molar-refractivity contribution in [1.82, 2.24) is 0 Å². The molecule has 3 aromatic carbocycles. The van der Waals surface area contributed by atoms with E-state index in [4.69, 9.17) is 22.9 Å². The van der Waals surface area contributed by atoms with E-state index in [2.05, 4.69) is 15.9 Å². The number of halogens is 1. The van der Waals surface area contributed by atoms with E-state index in [1.165, 1.54) is 24.3 Å². The fourth-order valence-electron chi connectivity index (χ4n) is 5.75. The summed E-state index contributed by atoms with van der Waals surface area (Å²) < 4.78 is 0. The summed E-state index contributed by atoms with van der Waals surface area (Å²) in [5.41, 5.74) is 29.1. The van der Waals surface area contributed by atoms with Crippen molar-refractivity contribution in [2.75, 3.05) is 40.9 Å². The molecular formula is C28H36ClN9O4. The van der Waals surface area contributed by atoms with Crippen LogP contribution in [0.4, 0.5) is 39.8 Å². The van der Waals surface area contributed by atoms with E-state index in [-0.39, 0.29) is 47.9 Å². The Hall–Kier alpha value is -4.01. The average molecular weight is 598 g/mol. The zero-order chi connectivity index (χ0) is 29.3. The Morgan fingerprint density at radius 1 is 0.595 bits per heavy atom. The van der Waals surface area contributed by atoms with Crippen LogP contribution in [0.2, 0.25) is 0 Å². The van der Waals surface area contributed by atoms with E-state index < -0.39 is 9.85 Å². The predicted octanol–water partition coefficient (Wildman–Crippen LogP) is 3.12. The summed E-state index contributed by atoms with van der Waals surface area (Å²) >= 11 is 0. The number of non-ortho nitro benzene ring substituents is 2. The topological polar surface area (TPSA) is 200 Å². The van der Waals surface area contributed by atoms with Gasteiger partial charge in [0.05, 0.1) is 15.5 Å². The van der Waals surface area contributed by atoms with Crippen LogP contribution >= 0.6 is 12.4 Å². The first-order chi connectivity index (χ1) is 19.6. The average Bonchev–Trinajstić information content (AvgIpc) is 2.92. The van der Waals surface area contributed by atoms with Crippen molar-refractivity contribution in [3.8, 4) is 0 Å². The molecule has 8 N–H and O–H groups in total. The summed E-state index contributed by atoms with van der Waals surface area (Å²) in [5, 5.41) is 22.7. The van der Waals surface area contributed by atoms with Crippen LogP contribution in [0.25, 0.3) is 0 Å². The molecule has 0 aliphatic carbocycles. The van der Waals surface area contributed by atoms with Gasteiger partial charge in [0.15, 0.2) is 0 Å². The van der Waals surface area contributed by atoms with Gasteiger partial charge in [-0.1, -0.05) is 0 Å². The molecule has 0 radical (unpaired) electrons. The molecule has 0 amide bonds. The molecule has 2 saturated heterocycles. The molecule has 0 spiro atoms. The van der Waals surface area contributed by atoms with Crippen LogP contribution in [0, 0.1) is 20.2 Å². The van der Waals surface area contributed by atoms with Gasteiger partial charge in [0, 0.05) is 97.4 Å². The van der Waals surface area contributed by atoms with Gasteiger partial charge in [0.25, 0.3) is 11.4 Å². The van der Waals surface area contributed by atoms with Crippen molar-refractivity contribution < 1.29 is 9.85 Å².